The Kier molecular flexibility index (Phi) is 4.56. The summed E-state index contributed by atoms with van der Waals surface area (Å²) in [6, 6.07) is 10.3. The van der Waals surface area contributed by atoms with Gasteiger partial charge in [0.15, 0.2) is 5.65 Å². The lowest BCUT2D eigenvalue weighted by Crippen LogP contribution is -2.29. The number of aliphatic hydroxyl groups excluding tert-OH is 1. The number of β-amino-alcohol motifs (C(OH)–C–C–N with tert-alkyl or cyclic N) is 1. The maximum Gasteiger partial charge on any atom is 0.416 e. The van der Waals surface area contributed by atoms with Crippen molar-refractivity contribution in [2.75, 3.05) is 13.1 Å². The van der Waals surface area contributed by atoms with Gasteiger partial charge in [-0.05, 0) is 55.8 Å². The Balaban J connectivity index is 1.68. The van der Waals surface area contributed by atoms with Crippen LogP contribution in [0.4, 0.5) is 13.2 Å². The molecule has 6 nitrogen and oxygen atoms in total. The molecule has 1 amide bonds. The molecule has 1 aliphatic heterocycles. The number of halogens is 3. The van der Waals surface area contributed by atoms with Crippen molar-refractivity contribution in [3.63, 3.8) is 0 Å². The van der Waals surface area contributed by atoms with E-state index in [1.807, 2.05) is 23.1 Å². The third kappa shape index (κ3) is 3.15. The molecule has 0 aliphatic carbocycles. The van der Waals surface area contributed by atoms with E-state index in [4.69, 9.17) is 0 Å². The standard InChI is InChI=1S/C23H21F3N4O2/c1-13-27-21-20(28(13)2)18-11-14(22(32)29-10-9-17(31)12-29)3-8-19(18)30(21)16-6-4-15(5-7-16)23(24,25)26/h3-8,11,17,31H,9-10,12H2,1-2H3. The molecule has 1 fully saturated rings. The number of hydrogen-bond donors (Lipinski definition) is 1. The summed E-state index contributed by atoms with van der Waals surface area (Å²) < 4.78 is 42.8. The molecule has 2 aromatic carbocycles. The van der Waals surface area contributed by atoms with Gasteiger partial charge in [-0.2, -0.15) is 13.2 Å². The predicted octanol–water partition coefficient (Wildman–Crippen LogP) is 4.05. The van der Waals surface area contributed by atoms with Gasteiger partial charge in [-0.3, -0.25) is 9.36 Å². The first-order chi connectivity index (χ1) is 15.1. The quantitative estimate of drug-likeness (QED) is 0.510. The fourth-order valence-corrected chi connectivity index (χ4v) is 4.39. The number of nitrogens with zero attached hydrogens (tertiary/aromatic N) is 4. The van der Waals surface area contributed by atoms with Gasteiger partial charge >= 0.3 is 6.18 Å². The lowest BCUT2D eigenvalue weighted by atomic mass is 10.1. The fourth-order valence-electron chi connectivity index (χ4n) is 4.39. The zero-order chi connectivity index (χ0) is 22.8. The van der Waals surface area contributed by atoms with Crippen molar-refractivity contribution in [3.05, 3.63) is 59.4 Å². The number of aliphatic hydroxyl groups is 1. The van der Waals surface area contributed by atoms with Gasteiger partial charge in [0.2, 0.25) is 0 Å². The molecule has 0 spiro atoms. The summed E-state index contributed by atoms with van der Waals surface area (Å²) in [5.41, 5.74) is 2.49. The molecule has 1 saturated heterocycles. The molecule has 1 unspecified atom stereocenters. The number of benzene rings is 2. The molecule has 1 aliphatic rings. The molecule has 1 N–H and O–H groups in total. The second-order valence-electron chi connectivity index (χ2n) is 8.20. The van der Waals surface area contributed by atoms with Crippen LogP contribution in [0, 0.1) is 6.92 Å². The number of fused-ring (bicyclic) bond motifs is 3. The average Bonchev–Trinajstić information content (AvgIpc) is 3.40. The van der Waals surface area contributed by atoms with Crippen LogP contribution in [0.5, 0.6) is 0 Å². The van der Waals surface area contributed by atoms with E-state index in [9.17, 15) is 23.1 Å². The summed E-state index contributed by atoms with van der Waals surface area (Å²) in [6.45, 7) is 2.66. The number of amides is 1. The van der Waals surface area contributed by atoms with Crippen molar-refractivity contribution in [3.8, 4) is 5.69 Å². The minimum atomic E-state index is -4.41. The van der Waals surface area contributed by atoms with E-state index in [2.05, 4.69) is 4.98 Å². The normalized spacial score (nSPS) is 17.1. The van der Waals surface area contributed by atoms with Crippen LogP contribution in [0.2, 0.25) is 0 Å². The summed E-state index contributed by atoms with van der Waals surface area (Å²) in [5.74, 6) is 0.592. The molecule has 4 aromatic rings. The van der Waals surface area contributed by atoms with E-state index in [1.54, 1.807) is 23.1 Å². The van der Waals surface area contributed by atoms with Gasteiger partial charge in [-0.1, -0.05) is 0 Å². The van der Waals surface area contributed by atoms with Crippen LogP contribution >= 0.6 is 0 Å². The topological polar surface area (TPSA) is 63.3 Å². The van der Waals surface area contributed by atoms with Crippen molar-refractivity contribution in [1.29, 1.82) is 0 Å². The van der Waals surface area contributed by atoms with Crippen LogP contribution in [-0.4, -0.2) is 49.2 Å². The van der Waals surface area contributed by atoms with Crippen molar-refractivity contribution in [2.45, 2.75) is 25.6 Å². The monoisotopic (exact) mass is 442 g/mol. The maximum absolute atomic E-state index is 13.0. The lowest BCUT2D eigenvalue weighted by molar-refractivity contribution is -0.137. The van der Waals surface area contributed by atoms with Crippen molar-refractivity contribution < 1.29 is 23.1 Å². The Morgan fingerprint density at radius 3 is 2.50 bits per heavy atom. The highest BCUT2D eigenvalue weighted by Gasteiger charge is 2.30. The predicted molar refractivity (Wildman–Crippen MR) is 114 cm³/mol. The summed E-state index contributed by atoms with van der Waals surface area (Å²) in [7, 11) is 1.87. The fraction of sp³-hybridized carbons (Fsp3) is 0.304. The highest BCUT2D eigenvalue weighted by molar-refractivity contribution is 6.09. The smallest absolute Gasteiger partial charge is 0.391 e. The number of likely N-dealkylation sites (tertiary alicyclic amines) is 1. The highest BCUT2D eigenvalue weighted by atomic mass is 19.4. The van der Waals surface area contributed by atoms with Gasteiger partial charge in [-0.25, -0.2) is 4.98 Å². The molecule has 166 valence electrons. The molecular formula is C23H21F3N4O2. The van der Waals surface area contributed by atoms with Crippen LogP contribution < -0.4 is 0 Å². The van der Waals surface area contributed by atoms with Crippen molar-refractivity contribution >= 4 is 28.0 Å². The highest BCUT2D eigenvalue weighted by Crippen LogP contribution is 2.35. The lowest BCUT2D eigenvalue weighted by Gasteiger charge is -2.16. The molecular weight excluding hydrogens is 421 g/mol. The zero-order valence-electron chi connectivity index (χ0n) is 17.5. The van der Waals surface area contributed by atoms with Crippen LogP contribution in [0.3, 0.4) is 0 Å². The van der Waals surface area contributed by atoms with Gasteiger partial charge in [0.25, 0.3) is 5.91 Å². The first-order valence-electron chi connectivity index (χ1n) is 10.3. The Morgan fingerprint density at radius 1 is 1.16 bits per heavy atom. The Bertz CT molecular complexity index is 1350. The summed E-state index contributed by atoms with van der Waals surface area (Å²) in [6.07, 6.45) is -4.36. The van der Waals surface area contributed by atoms with Gasteiger partial charge in [0, 0.05) is 36.8 Å². The van der Waals surface area contributed by atoms with Crippen LogP contribution in [0.15, 0.2) is 42.5 Å². The number of alkyl halides is 3. The van der Waals surface area contributed by atoms with Crippen molar-refractivity contribution in [2.24, 2.45) is 7.05 Å². The number of carbonyl (C=O) groups excluding carboxylic acids is 1. The Hall–Kier alpha value is -3.33. The van der Waals surface area contributed by atoms with Gasteiger partial charge < -0.3 is 14.6 Å². The Labute approximate surface area is 181 Å². The molecule has 2 aromatic heterocycles. The minimum Gasteiger partial charge on any atom is -0.391 e. The SMILES string of the molecule is Cc1nc2c(c3cc(C(=O)N4CCC(O)C4)ccc3n2-c2ccc(C(F)(F)F)cc2)n1C. The number of aromatic nitrogens is 3. The van der Waals surface area contributed by atoms with Crippen LogP contribution in [0.1, 0.15) is 28.2 Å². The van der Waals surface area contributed by atoms with Gasteiger partial charge in [0.1, 0.15) is 5.82 Å². The number of imidazole rings is 1. The summed E-state index contributed by atoms with van der Waals surface area (Å²) >= 11 is 0. The number of carbonyl (C=O) groups is 1. The maximum atomic E-state index is 13.0. The first kappa shape index (κ1) is 20.6. The second kappa shape index (κ2) is 7.09. The van der Waals surface area contributed by atoms with E-state index in [0.29, 0.717) is 36.4 Å². The van der Waals surface area contributed by atoms with E-state index in [-0.39, 0.29) is 5.91 Å². The second-order valence-corrected chi connectivity index (χ2v) is 8.20. The van der Waals surface area contributed by atoms with Crippen molar-refractivity contribution in [1.82, 2.24) is 19.0 Å². The third-order valence-electron chi connectivity index (χ3n) is 6.16. The number of rotatable bonds is 2. The number of hydrogen-bond acceptors (Lipinski definition) is 3. The van der Waals surface area contributed by atoms with Crippen LogP contribution in [-0.2, 0) is 13.2 Å². The van der Waals surface area contributed by atoms with E-state index < -0.39 is 17.8 Å². The summed E-state index contributed by atoms with van der Waals surface area (Å²) in [5, 5.41) is 10.6. The third-order valence-corrected chi connectivity index (χ3v) is 6.16. The average molecular weight is 442 g/mol. The van der Waals surface area contributed by atoms with Crippen LogP contribution in [0.25, 0.3) is 27.8 Å². The first-order valence-corrected chi connectivity index (χ1v) is 10.3. The van der Waals surface area contributed by atoms with Gasteiger partial charge in [-0.15, -0.1) is 0 Å². The molecule has 0 saturated carbocycles. The molecule has 32 heavy (non-hydrogen) atoms. The molecule has 0 bridgehead atoms. The molecule has 5 rings (SSSR count). The molecule has 3 heterocycles. The van der Waals surface area contributed by atoms with E-state index in [0.717, 1.165) is 34.4 Å². The zero-order valence-corrected chi connectivity index (χ0v) is 17.5. The molecule has 9 heteroatoms. The number of aryl methyl sites for hydroxylation is 2. The van der Waals surface area contributed by atoms with E-state index in [1.165, 1.54) is 12.1 Å². The molecule has 1 atom stereocenters. The van der Waals surface area contributed by atoms with Gasteiger partial charge in [0.05, 0.1) is 22.7 Å². The largest absolute Gasteiger partial charge is 0.416 e. The Morgan fingerprint density at radius 2 is 1.88 bits per heavy atom. The minimum absolute atomic E-state index is 0.155. The van der Waals surface area contributed by atoms with E-state index >= 15 is 0 Å². The summed E-state index contributed by atoms with van der Waals surface area (Å²) in [4.78, 5) is 19.2. The molecule has 0 radical (unpaired) electrons.